The number of benzene rings is 3. The summed E-state index contributed by atoms with van der Waals surface area (Å²) in [5.74, 6) is -0.266. The number of aromatic nitrogens is 3. The van der Waals surface area contributed by atoms with E-state index >= 15 is 0 Å². The molecule has 28 heavy (non-hydrogen) atoms. The zero-order chi connectivity index (χ0) is 19.5. The molecule has 138 valence electrons. The van der Waals surface area contributed by atoms with Gasteiger partial charge in [0.25, 0.3) is 0 Å². The van der Waals surface area contributed by atoms with E-state index in [9.17, 15) is 4.79 Å². The highest BCUT2D eigenvalue weighted by atomic mass is 32.1. The van der Waals surface area contributed by atoms with E-state index in [1.165, 1.54) is 22.9 Å². The van der Waals surface area contributed by atoms with Gasteiger partial charge in [0.2, 0.25) is 4.77 Å². The summed E-state index contributed by atoms with van der Waals surface area (Å²) in [6, 6.07) is 20.8. The van der Waals surface area contributed by atoms with Crippen LogP contribution in [0, 0.1) is 4.77 Å². The van der Waals surface area contributed by atoms with E-state index < -0.39 is 5.97 Å². The molecule has 0 unspecified atom stereocenters. The lowest BCUT2D eigenvalue weighted by molar-refractivity contribution is 0.0697. The maximum atomic E-state index is 10.9. The van der Waals surface area contributed by atoms with Crippen molar-refractivity contribution in [3.8, 4) is 0 Å². The van der Waals surface area contributed by atoms with Crippen LogP contribution in [-0.2, 0) is 6.42 Å². The SMILES string of the molecule is O=C(O)c1ccc(/C=N\n2c(Cc3cccc4ccccc34)n[nH]c2=S)cc1. The first kappa shape index (κ1) is 17.8. The Morgan fingerprint density at radius 2 is 1.86 bits per heavy atom. The van der Waals surface area contributed by atoms with Crippen molar-refractivity contribution in [3.05, 3.63) is 94.0 Å². The summed E-state index contributed by atoms with van der Waals surface area (Å²) < 4.78 is 1.98. The van der Waals surface area contributed by atoms with E-state index in [1.807, 2.05) is 18.2 Å². The van der Waals surface area contributed by atoms with E-state index in [-0.39, 0.29) is 5.56 Å². The molecule has 6 nitrogen and oxygen atoms in total. The zero-order valence-electron chi connectivity index (χ0n) is 14.7. The number of rotatable bonds is 5. The molecule has 7 heteroatoms. The molecule has 2 N–H and O–H groups in total. The van der Waals surface area contributed by atoms with Gasteiger partial charge in [-0.25, -0.2) is 4.79 Å². The van der Waals surface area contributed by atoms with Crippen LogP contribution in [-0.4, -0.2) is 32.2 Å². The third-order valence-electron chi connectivity index (χ3n) is 4.43. The Kier molecular flexibility index (Phi) is 4.82. The molecule has 0 saturated heterocycles. The number of H-pyrrole nitrogens is 1. The number of hydrogen-bond donors (Lipinski definition) is 2. The highest BCUT2D eigenvalue weighted by Crippen LogP contribution is 2.20. The Morgan fingerprint density at radius 1 is 1.11 bits per heavy atom. The average Bonchev–Trinajstić information content (AvgIpc) is 3.06. The number of fused-ring (bicyclic) bond motifs is 1. The lowest BCUT2D eigenvalue weighted by atomic mass is 10.0. The molecule has 0 atom stereocenters. The Bertz CT molecular complexity index is 1230. The lowest BCUT2D eigenvalue weighted by Gasteiger charge is -2.06. The maximum Gasteiger partial charge on any atom is 0.335 e. The van der Waals surface area contributed by atoms with E-state index in [0.29, 0.717) is 17.0 Å². The molecule has 0 amide bonds. The van der Waals surface area contributed by atoms with Crippen LogP contribution in [0.4, 0.5) is 0 Å². The van der Waals surface area contributed by atoms with Crippen molar-refractivity contribution in [1.82, 2.24) is 14.9 Å². The normalized spacial score (nSPS) is 11.3. The third-order valence-corrected chi connectivity index (χ3v) is 4.69. The first-order chi connectivity index (χ1) is 13.6. The largest absolute Gasteiger partial charge is 0.478 e. The maximum absolute atomic E-state index is 10.9. The molecule has 0 fully saturated rings. The molecule has 1 aromatic heterocycles. The average molecular weight is 388 g/mol. The Morgan fingerprint density at radius 3 is 2.64 bits per heavy atom. The Labute approximate surface area is 165 Å². The molecule has 0 aliphatic carbocycles. The molecule has 3 aromatic carbocycles. The van der Waals surface area contributed by atoms with E-state index in [1.54, 1.807) is 23.0 Å². The van der Waals surface area contributed by atoms with Gasteiger partial charge in [-0.3, -0.25) is 5.10 Å². The number of nitrogens with zero attached hydrogens (tertiary/aromatic N) is 3. The molecule has 4 aromatic rings. The highest BCUT2D eigenvalue weighted by molar-refractivity contribution is 7.71. The monoisotopic (exact) mass is 388 g/mol. The van der Waals surface area contributed by atoms with Crippen molar-refractivity contribution in [3.63, 3.8) is 0 Å². The predicted molar refractivity (Wildman–Crippen MR) is 111 cm³/mol. The fourth-order valence-corrected chi connectivity index (χ4v) is 3.21. The summed E-state index contributed by atoms with van der Waals surface area (Å²) in [7, 11) is 0. The molecule has 1 heterocycles. The summed E-state index contributed by atoms with van der Waals surface area (Å²) >= 11 is 5.31. The van der Waals surface area contributed by atoms with Gasteiger partial charge >= 0.3 is 5.97 Å². The van der Waals surface area contributed by atoms with Gasteiger partial charge in [0.15, 0.2) is 5.82 Å². The van der Waals surface area contributed by atoms with Crippen LogP contribution < -0.4 is 0 Å². The van der Waals surface area contributed by atoms with Gasteiger partial charge in [-0.2, -0.15) is 14.9 Å². The van der Waals surface area contributed by atoms with E-state index in [2.05, 4.69) is 39.6 Å². The van der Waals surface area contributed by atoms with Crippen LogP contribution in [0.25, 0.3) is 10.8 Å². The molecular weight excluding hydrogens is 372 g/mol. The van der Waals surface area contributed by atoms with Gasteiger partial charge < -0.3 is 5.11 Å². The van der Waals surface area contributed by atoms with E-state index in [0.717, 1.165) is 11.1 Å². The minimum absolute atomic E-state index is 0.230. The van der Waals surface area contributed by atoms with Crippen molar-refractivity contribution in [2.24, 2.45) is 5.10 Å². The number of aromatic carboxylic acids is 1. The minimum Gasteiger partial charge on any atom is -0.478 e. The van der Waals surface area contributed by atoms with Crippen molar-refractivity contribution < 1.29 is 9.90 Å². The second-order valence-corrected chi connectivity index (χ2v) is 6.63. The highest BCUT2D eigenvalue weighted by Gasteiger charge is 2.09. The molecule has 0 aliphatic rings. The molecule has 0 aliphatic heterocycles. The van der Waals surface area contributed by atoms with Gasteiger partial charge in [-0.1, -0.05) is 54.6 Å². The van der Waals surface area contributed by atoms with Gasteiger partial charge in [-0.05, 0) is 46.2 Å². The van der Waals surface area contributed by atoms with Gasteiger partial charge in [-0.15, -0.1) is 0 Å². The number of carbonyl (C=O) groups is 1. The van der Waals surface area contributed by atoms with Crippen LogP contribution in [0.2, 0.25) is 0 Å². The predicted octanol–water partition coefficient (Wildman–Crippen LogP) is 4.27. The van der Waals surface area contributed by atoms with Crippen LogP contribution in [0.1, 0.15) is 27.3 Å². The van der Waals surface area contributed by atoms with Crippen molar-refractivity contribution in [2.75, 3.05) is 0 Å². The quantitative estimate of drug-likeness (QED) is 0.395. The number of hydrogen-bond acceptors (Lipinski definition) is 4. The van der Waals surface area contributed by atoms with Crippen LogP contribution in [0.15, 0.2) is 71.8 Å². The number of aromatic amines is 1. The summed E-state index contributed by atoms with van der Waals surface area (Å²) in [5, 5.41) is 22.9. The second-order valence-electron chi connectivity index (χ2n) is 6.24. The summed E-state index contributed by atoms with van der Waals surface area (Å²) in [5.41, 5.74) is 2.13. The number of nitrogens with one attached hydrogen (secondary N) is 1. The molecule has 0 spiro atoms. The topological polar surface area (TPSA) is 83.3 Å². The van der Waals surface area contributed by atoms with Gasteiger partial charge in [0.05, 0.1) is 11.8 Å². The van der Waals surface area contributed by atoms with Crippen LogP contribution in [0.5, 0.6) is 0 Å². The fraction of sp³-hybridized carbons (Fsp3) is 0.0476. The standard InChI is InChI=1S/C21H16N4O2S/c26-20(27)16-10-8-14(9-11-16)13-22-25-19(23-24-21(25)28)12-17-6-3-5-15-4-1-2-7-18(15)17/h1-11,13H,12H2,(H,24,28)(H,26,27)/b22-13-. The summed E-state index contributed by atoms with van der Waals surface area (Å²) in [6.45, 7) is 0. The zero-order valence-corrected chi connectivity index (χ0v) is 15.6. The molecule has 0 radical (unpaired) electrons. The van der Waals surface area contributed by atoms with Crippen molar-refractivity contribution >= 4 is 35.2 Å². The smallest absolute Gasteiger partial charge is 0.335 e. The lowest BCUT2D eigenvalue weighted by Crippen LogP contribution is -2.01. The first-order valence-electron chi connectivity index (χ1n) is 8.62. The molecule has 4 rings (SSSR count). The second kappa shape index (κ2) is 7.58. The minimum atomic E-state index is -0.960. The van der Waals surface area contributed by atoms with Gasteiger partial charge in [0.1, 0.15) is 0 Å². The Balaban J connectivity index is 1.64. The third kappa shape index (κ3) is 3.60. The summed E-state index contributed by atoms with van der Waals surface area (Å²) in [4.78, 5) is 10.9. The summed E-state index contributed by atoms with van der Waals surface area (Å²) in [6.07, 6.45) is 2.20. The Hall–Kier alpha value is -3.58. The van der Waals surface area contributed by atoms with Crippen molar-refractivity contribution in [2.45, 2.75) is 6.42 Å². The molecular formula is C21H16N4O2S. The number of carboxylic acids is 1. The molecule has 0 bridgehead atoms. The van der Waals surface area contributed by atoms with Crippen LogP contribution in [0.3, 0.4) is 0 Å². The van der Waals surface area contributed by atoms with Crippen molar-refractivity contribution in [1.29, 1.82) is 0 Å². The van der Waals surface area contributed by atoms with Crippen LogP contribution >= 0.6 is 12.2 Å². The van der Waals surface area contributed by atoms with E-state index in [4.69, 9.17) is 17.3 Å². The number of carboxylic acid groups (broad SMARTS) is 1. The first-order valence-corrected chi connectivity index (χ1v) is 9.03. The molecule has 0 saturated carbocycles. The fourth-order valence-electron chi connectivity index (χ4n) is 3.01. The van der Waals surface area contributed by atoms with Gasteiger partial charge in [0, 0.05) is 6.42 Å².